The van der Waals surface area contributed by atoms with Crippen LogP contribution in [0.1, 0.15) is 31.9 Å². The second-order valence-electron chi connectivity index (χ2n) is 4.67. The zero-order chi connectivity index (χ0) is 15.8. The minimum absolute atomic E-state index is 0.0105. The number of aliphatic hydroxyl groups is 1. The van der Waals surface area contributed by atoms with Gasteiger partial charge < -0.3 is 15.3 Å². The molecule has 1 rings (SSSR count). The van der Waals surface area contributed by atoms with E-state index in [4.69, 9.17) is 0 Å². The fourth-order valence-corrected chi connectivity index (χ4v) is 2.10. The second-order valence-corrected chi connectivity index (χ2v) is 4.67. The SMILES string of the molecule is CCN(CC)C(=O)CCNCC(O)c1c(F)cccc1F. The summed E-state index contributed by atoms with van der Waals surface area (Å²) in [4.78, 5) is 13.4. The fraction of sp³-hybridized carbons (Fsp3) is 0.533. The molecule has 0 radical (unpaired) electrons. The van der Waals surface area contributed by atoms with E-state index in [2.05, 4.69) is 5.32 Å². The molecule has 0 aliphatic carbocycles. The van der Waals surface area contributed by atoms with Gasteiger partial charge in [-0.3, -0.25) is 4.79 Å². The van der Waals surface area contributed by atoms with Crippen molar-refractivity contribution in [2.45, 2.75) is 26.4 Å². The van der Waals surface area contributed by atoms with E-state index in [0.717, 1.165) is 12.1 Å². The average molecular weight is 300 g/mol. The molecule has 2 N–H and O–H groups in total. The summed E-state index contributed by atoms with van der Waals surface area (Å²) in [5.74, 6) is -1.54. The number of rotatable bonds is 8. The van der Waals surface area contributed by atoms with Crippen LogP contribution in [0.5, 0.6) is 0 Å². The van der Waals surface area contributed by atoms with E-state index in [0.29, 0.717) is 19.6 Å². The van der Waals surface area contributed by atoms with Gasteiger partial charge in [-0.15, -0.1) is 0 Å². The Morgan fingerprint density at radius 1 is 1.29 bits per heavy atom. The van der Waals surface area contributed by atoms with Gasteiger partial charge in [-0.05, 0) is 26.0 Å². The summed E-state index contributed by atoms with van der Waals surface area (Å²) in [6.45, 7) is 5.45. The summed E-state index contributed by atoms with van der Waals surface area (Å²) < 4.78 is 26.9. The van der Waals surface area contributed by atoms with E-state index >= 15 is 0 Å². The molecule has 4 nitrogen and oxygen atoms in total. The molecule has 0 bridgehead atoms. The minimum Gasteiger partial charge on any atom is -0.387 e. The number of hydrogen-bond acceptors (Lipinski definition) is 3. The van der Waals surface area contributed by atoms with Crippen molar-refractivity contribution in [1.82, 2.24) is 10.2 Å². The summed E-state index contributed by atoms with van der Waals surface area (Å²) >= 11 is 0. The molecular weight excluding hydrogens is 278 g/mol. The molecule has 1 amide bonds. The van der Waals surface area contributed by atoms with Crippen molar-refractivity contribution in [2.24, 2.45) is 0 Å². The number of halogens is 2. The number of carbonyl (C=O) groups is 1. The van der Waals surface area contributed by atoms with Crippen LogP contribution in [0, 0.1) is 11.6 Å². The third-order valence-corrected chi connectivity index (χ3v) is 3.30. The molecular formula is C15H22F2N2O2. The van der Waals surface area contributed by atoms with E-state index in [9.17, 15) is 18.7 Å². The standard InChI is InChI=1S/C15H22F2N2O2/c1-3-19(4-2)14(21)8-9-18-10-13(20)15-11(16)6-5-7-12(15)17/h5-7,13,18,20H,3-4,8-10H2,1-2H3. The van der Waals surface area contributed by atoms with Crippen LogP contribution < -0.4 is 5.32 Å². The number of carbonyl (C=O) groups excluding carboxylic acids is 1. The summed E-state index contributed by atoms with van der Waals surface area (Å²) in [5, 5.41) is 12.7. The zero-order valence-electron chi connectivity index (χ0n) is 12.4. The van der Waals surface area contributed by atoms with Crippen LogP contribution in [0.25, 0.3) is 0 Å². The third-order valence-electron chi connectivity index (χ3n) is 3.30. The Morgan fingerprint density at radius 3 is 2.38 bits per heavy atom. The Kier molecular flexibility index (Phi) is 7.25. The highest BCUT2D eigenvalue weighted by atomic mass is 19.1. The Labute approximate surface area is 123 Å². The van der Waals surface area contributed by atoms with Crippen LogP contribution in [0.2, 0.25) is 0 Å². The van der Waals surface area contributed by atoms with Crippen molar-refractivity contribution < 1.29 is 18.7 Å². The highest BCUT2D eigenvalue weighted by molar-refractivity contribution is 5.76. The summed E-state index contributed by atoms with van der Waals surface area (Å²) in [6.07, 6.45) is -0.997. The maximum atomic E-state index is 13.4. The molecule has 0 aromatic heterocycles. The number of aliphatic hydroxyl groups excluding tert-OH is 1. The number of nitrogens with one attached hydrogen (secondary N) is 1. The molecule has 0 spiro atoms. The number of benzene rings is 1. The van der Waals surface area contributed by atoms with E-state index in [1.54, 1.807) is 4.90 Å². The van der Waals surface area contributed by atoms with Gasteiger partial charge in [0.2, 0.25) is 5.91 Å². The lowest BCUT2D eigenvalue weighted by molar-refractivity contribution is -0.130. The van der Waals surface area contributed by atoms with Crippen molar-refractivity contribution >= 4 is 5.91 Å². The molecule has 0 saturated carbocycles. The van der Waals surface area contributed by atoms with Crippen molar-refractivity contribution in [2.75, 3.05) is 26.2 Å². The first-order valence-electron chi connectivity index (χ1n) is 7.11. The minimum atomic E-state index is -1.28. The lowest BCUT2D eigenvalue weighted by atomic mass is 10.1. The van der Waals surface area contributed by atoms with Crippen molar-refractivity contribution in [3.63, 3.8) is 0 Å². The van der Waals surface area contributed by atoms with Crippen LogP contribution >= 0.6 is 0 Å². The average Bonchev–Trinajstić information content (AvgIpc) is 2.44. The number of amides is 1. The van der Waals surface area contributed by atoms with Crippen LogP contribution in [-0.2, 0) is 4.79 Å². The summed E-state index contributed by atoms with van der Waals surface area (Å²) in [5.41, 5.74) is -0.347. The van der Waals surface area contributed by atoms with Crippen molar-refractivity contribution in [3.8, 4) is 0 Å². The molecule has 0 aliphatic rings. The molecule has 1 atom stereocenters. The molecule has 0 heterocycles. The van der Waals surface area contributed by atoms with E-state index in [1.165, 1.54) is 6.07 Å². The van der Waals surface area contributed by atoms with Gasteiger partial charge in [0.25, 0.3) is 0 Å². The number of hydrogen-bond donors (Lipinski definition) is 2. The van der Waals surface area contributed by atoms with Crippen LogP contribution in [0.15, 0.2) is 18.2 Å². The molecule has 6 heteroatoms. The zero-order valence-corrected chi connectivity index (χ0v) is 12.4. The van der Waals surface area contributed by atoms with E-state index in [-0.39, 0.29) is 24.4 Å². The quantitative estimate of drug-likeness (QED) is 0.720. The Morgan fingerprint density at radius 2 is 1.86 bits per heavy atom. The predicted octanol–water partition coefficient (Wildman–Crippen LogP) is 1.85. The second kappa shape index (κ2) is 8.69. The molecule has 0 aliphatic heterocycles. The normalized spacial score (nSPS) is 12.2. The van der Waals surface area contributed by atoms with Crippen molar-refractivity contribution in [1.29, 1.82) is 0 Å². The monoisotopic (exact) mass is 300 g/mol. The van der Waals surface area contributed by atoms with E-state index in [1.807, 2.05) is 13.8 Å². The van der Waals surface area contributed by atoms with Gasteiger partial charge in [0.1, 0.15) is 11.6 Å². The van der Waals surface area contributed by atoms with Crippen molar-refractivity contribution in [3.05, 3.63) is 35.4 Å². The van der Waals surface area contributed by atoms with Crippen LogP contribution in [0.3, 0.4) is 0 Å². The van der Waals surface area contributed by atoms with Gasteiger partial charge in [0, 0.05) is 32.6 Å². The highest BCUT2D eigenvalue weighted by Gasteiger charge is 2.17. The molecule has 1 aromatic carbocycles. The molecule has 0 saturated heterocycles. The topological polar surface area (TPSA) is 52.6 Å². The number of nitrogens with zero attached hydrogens (tertiary/aromatic N) is 1. The predicted molar refractivity (Wildman–Crippen MR) is 76.7 cm³/mol. The smallest absolute Gasteiger partial charge is 0.223 e. The first-order chi connectivity index (χ1) is 10.0. The lowest BCUT2D eigenvalue weighted by Gasteiger charge is -2.19. The molecule has 118 valence electrons. The summed E-state index contributed by atoms with van der Waals surface area (Å²) in [7, 11) is 0. The third kappa shape index (κ3) is 5.06. The molecule has 0 fully saturated rings. The van der Waals surface area contributed by atoms with Crippen LogP contribution in [-0.4, -0.2) is 42.1 Å². The Hall–Kier alpha value is -1.53. The summed E-state index contributed by atoms with van der Waals surface area (Å²) in [6, 6.07) is 3.45. The first-order valence-corrected chi connectivity index (χ1v) is 7.11. The van der Waals surface area contributed by atoms with Gasteiger partial charge in [-0.1, -0.05) is 6.07 Å². The maximum Gasteiger partial charge on any atom is 0.223 e. The van der Waals surface area contributed by atoms with Gasteiger partial charge in [0.05, 0.1) is 11.7 Å². The Bertz CT molecular complexity index is 445. The molecule has 1 unspecified atom stereocenters. The van der Waals surface area contributed by atoms with Gasteiger partial charge >= 0.3 is 0 Å². The van der Waals surface area contributed by atoms with Gasteiger partial charge in [-0.25, -0.2) is 8.78 Å². The fourth-order valence-electron chi connectivity index (χ4n) is 2.10. The molecule has 21 heavy (non-hydrogen) atoms. The van der Waals surface area contributed by atoms with Gasteiger partial charge in [0.15, 0.2) is 0 Å². The maximum absolute atomic E-state index is 13.4. The Balaban J connectivity index is 2.41. The van der Waals surface area contributed by atoms with E-state index < -0.39 is 17.7 Å². The van der Waals surface area contributed by atoms with Crippen LogP contribution in [0.4, 0.5) is 8.78 Å². The first kappa shape index (κ1) is 17.5. The van der Waals surface area contributed by atoms with Gasteiger partial charge in [-0.2, -0.15) is 0 Å². The largest absolute Gasteiger partial charge is 0.387 e. The molecule has 1 aromatic rings. The lowest BCUT2D eigenvalue weighted by Crippen LogP contribution is -2.33. The highest BCUT2D eigenvalue weighted by Crippen LogP contribution is 2.19.